The molecular formula is C11H17ClN4O. The molecule has 0 unspecified atom stereocenters. The number of anilines is 2. The Labute approximate surface area is 106 Å². The maximum atomic E-state index is 9.44. The normalized spacial score (nSPS) is 24.4. The van der Waals surface area contributed by atoms with E-state index in [0.29, 0.717) is 22.8 Å². The first-order valence-electron chi connectivity index (χ1n) is 5.84. The van der Waals surface area contributed by atoms with Gasteiger partial charge in [-0.3, -0.25) is 0 Å². The van der Waals surface area contributed by atoms with Crippen molar-refractivity contribution in [3.05, 3.63) is 11.2 Å². The summed E-state index contributed by atoms with van der Waals surface area (Å²) in [6.07, 6.45) is 4.98. The summed E-state index contributed by atoms with van der Waals surface area (Å²) >= 11 is 6.04. The third kappa shape index (κ3) is 3.20. The Kier molecular flexibility index (Phi) is 4.02. The molecular weight excluding hydrogens is 240 g/mol. The molecule has 6 heteroatoms. The van der Waals surface area contributed by atoms with Gasteiger partial charge in [-0.1, -0.05) is 11.6 Å². The minimum atomic E-state index is -0.151. The van der Waals surface area contributed by atoms with Crippen LogP contribution in [0.3, 0.4) is 0 Å². The van der Waals surface area contributed by atoms with Gasteiger partial charge in [-0.2, -0.15) is 4.98 Å². The van der Waals surface area contributed by atoms with Crippen molar-refractivity contribution in [3.63, 3.8) is 0 Å². The molecule has 0 bridgehead atoms. The lowest BCUT2D eigenvalue weighted by molar-refractivity contribution is 0.126. The maximum absolute atomic E-state index is 9.44. The number of aromatic nitrogens is 2. The van der Waals surface area contributed by atoms with Crippen molar-refractivity contribution in [3.8, 4) is 0 Å². The Hall–Kier alpha value is -1.07. The predicted molar refractivity (Wildman–Crippen MR) is 68.5 cm³/mol. The summed E-state index contributed by atoms with van der Waals surface area (Å²) in [5.74, 6) is 1.21. The average molecular weight is 257 g/mol. The lowest BCUT2D eigenvalue weighted by atomic mass is 9.93. The Morgan fingerprint density at radius 3 is 2.71 bits per heavy atom. The second-order valence-electron chi connectivity index (χ2n) is 4.29. The van der Waals surface area contributed by atoms with E-state index in [2.05, 4.69) is 20.6 Å². The zero-order valence-electron chi connectivity index (χ0n) is 9.78. The standard InChI is InChI=1S/C11H17ClN4O/c1-13-11-14-6-9(12)10(16-11)15-7-2-4-8(17)5-3-7/h6-8,17H,2-5H2,1H3,(H2,13,14,15,16). The Bertz CT molecular complexity index is 380. The largest absolute Gasteiger partial charge is 0.393 e. The highest BCUT2D eigenvalue weighted by Gasteiger charge is 2.20. The molecule has 1 aromatic heterocycles. The van der Waals surface area contributed by atoms with Crippen LogP contribution in [-0.2, 0) is 0 Å². The monoisotopic (exact) mass is 256 g/mol. The maximum Gasteiger partial charge on any atom is 0.224 e. The summed E-state index contributed by atoms with van der Waals surface area (Å²) in [5.41, 5.74) is 0. The van der Waals surface area contributed by atoms with Gasteiger partial charge >= 0.3 is 0 Å². The van der Waals surface area contributed by atoms with Crippen LogP contribution in [-0.4, -0.2) is 34.3 Å². The lowest BCUT2D eigenvalue weighted by Gasteiger charge is -2.26. The van der Waals surface area contributed by atoms with E-state index in [0.717, 1.165) is 25.7 Å². The summed E-state index contributed by atoms with van der Waals surface area (Å²) in [6, 6.07) is 0.329. The summed E-state index contributed by atoms with van der Waals surface area (Å²) in [4.78, 5) is 8.30. The number of rotatable bonds is 3. The Morgan fingerprint density at radius 2 is 2.06 bits per heavy atom. The van der Waals surface area contributed by atoms with Crippen LogP contribution >= 0.6 is 11.6 Å². The van der Waals surface area contributed by atoms with E-state index in [1.54, 1.807) is 13.2 Å². The molecule has 1 aliphatic carbocycles. The number of aliphatic hydroxyl groups excluding tert-OH is 1. The number of hydrogen-bond acceptors (Lipinski definition) is 5. The van der Waals surface area contributed by atoms with Crippen LogP contribution in [0.25, 0.3) is 0 Å². The molecule has 0 radical (unpaired) electrons. The van der Waals surface area contributed by atoms with E-state index in [-0.39, 0.29) is 6.10 Å². The van der Waals surface area contributed by atoms with E-state index in [1.807, 2.05) is 0 Å². The minimum Gasteiger partial charge on any atom is -0.393 e. The van der Waals surface area contributed by atoms with Gasteiger partial charge in [-0.05, 0) is 25.7 Å². The van der Waals surface area contributed by atoms with Gasteiger partial charge in [0.25, 0.3) is 0 Å². The van der Waals surface area contributed by atoms with Crippen molar-refractivity contribution in [2.75, 3.05) is 17.7 Å². The number of aliphatic hydroxyl groups is 1. The molecule has 0 atom stereocenters. The van der Waals surface area contributed by atoms with E-state index < -0.39 is 0 Å². The molecule has 94 valence electrons. The van der Waals surface area contributed by atoms with Crippen LogP contribution in [0.15, 0.2) is 6.20 Å². The molecule has 2 rings (SSSR count). The molecule has 1 aromatic rings. The van der Waals surface area contributed by atoms with Crippen LogP contribution in [0.5, 0.6) is 0 Å². The molecule has 1 saturated carbocycles. The topological polar surface area (TPSA) is 70.1 Å². The van der Waals surface area contributed by atoms with Crippen LogP contribution in [0.1, 0.15) is 25.7 Å². The summed E-state index contributed by atoms with van der Waals surface area (Å²) in [5, 5.41) is 16.2. The highest BCUT2D eigenvalue weighted by atomic mass is 35.5. The van der Waals surface area contributed by atoms with E-state index in [1.165, 1.54) is 0 Å². The molecule has 0 spiro atoms. The Morgan fingerprint density at radius 1 is 1.35 bits per heavy atom. The van der Waals surface area contributed by atoms with Crippen molar-refractivity contribution < 1.29 is 5.11 Å². The first-order valence-corrected chi connectivity index (χ1v) is 6.21. The van der Waals surface area contributed by atoms with Gasteiger partial charge in [0.1, 0.15) is 5.02 Å². The van der Waals surface area contributed by atoms with E-state index >= 15 is 0 Å². The van der Waals surface area contributed by atoms with Gasteiger partial charge in [-0.25, -0.2) is 4.98 Å². The average Bonchev–Trinajstić information content (AvgIpc) is 2.35. The summed E-state index contributed by atoms with van der Waals surface area (Å²) in [6.45, 7) is 0. The lowest BCUT2D eigenvalue weighted by Crippen LogP contribution is -2.28. The molecule has 0 aliphatic heterocycles. The quantitative estimate of drug-likeness (QED) is 0.771. The first-order chi connectivity index (χ1) is 8.19. The second-order valence-corrected chi connectivity index (χ2v) is 4.70. The van der Waals surface area contributed by atoms with Crippen LogP contribution in [0.4, 0.5) is 11.8 Å². The molecule has 17 heavy (non-hydrogen) atoms. The van der Waals surface area contributed by atoms with Gasteiger partial charge in [0.2, 0.25) is 5.95 Å². The summed E-state index contributed by atoms with van der Waals surface area (Å²) < 4.78 is 0. The molecule has 1 aliphatic rings. The minimum absolute atomic E-state index is 0.151. The molecule has 3 N–H and O–H groups in total. The van der Waals surface area contributed by atoms with Gasteiger partial charge in [-0.15, -0.1) is 0 Å². The molecule has 5 nitrogen and oxygen atoms in total. The third-order valence-corrected chi connectivity index (χ3v) is 3.28. The number of nitrogens with zero attached hydrogens (tertiary/aromatic N) is 2. The molecule has 0 aromatic carbocycles. The smallest absolute Gasteiger partial charge is 0.224 e. The number of hydrogen-bond donors (Lipinski definition) is 3. The SMILES string of the molecule is CNc1ncc(Cl)c(NC2CCC(O)CC2)n1. The zero-order valence-corrected chi connectivity index (χ0v) is 10.5. The van der Waals surface area contributed by atoms with Crippen LogP contribution in [0, 0.1) is 0 Å². The fraction of sp³-hybridized carbons (Fsp3) is 0.636. The fourth-order valence-corrected chi connectivity index (χ4v) is 2.15. The number of nitrogens with one attached hydrogen (secondary N) is 2. The third-order valence-electron chi connectivity index (χ3n) is 3.01. The first kappa shape index (κ1) is 12.4. The van der Waals surface area contributed by atoms with Crippen LogP contribution in [0.2, 0.25) is 5.02 Å². The predicted octanol–water partition coefficient (Wildman–Crippen LogP) is 1.89. The molecule has 0 saturated heterocycles. The second kappa shape index (κ2) is 5.51. The van der Waals surface area contributed by atoms with Crippen LogP contribution < -0.4 is 10.6 Å². The van der Waals surface area contributed by atoms with Crippen molar-refractivity contribution in [2.45, 2.75) is 37.8 Å². The Balaban J connectivity index is 2.02. The van der Waals surface area contributed by atoms with E-state index in [4.69, 9.17) is 11.6 Å². The molecule has 0 amide bonds. The zero-order chi connectivity index (χ0) is 12.3. The van der Waals surface area contributed by atoms with Gasteiger partial charge in [0.05, 0.1) is 12.3 Å². The van der Waals surface area contributed by atoms with Gasteiger partial charge < -0.3 is 15.7 Å². The van der Waals surface area contributed by atoms with Crippen molar-refractivity contribution >= 4 is 23.4 Å². The van der Waals surface area contributed by atoms with Crippen molar-refractivity contribution in [2.24, 2.45) is 0 Å². The summed E-state index contributed by atoms with van der Waals surface area (Å²) in [7, 11) is 1.77. The fourth-order valence-electron chi connectivity index (χ4n) is 2.00. The highest BCUT2D eigenvalue weighted by Crippen LogP contribution is 2.25. The van der Waals surface area contributed by atoms with Gasteiger partial charge in [0, 0.05) is 13.1 Å². The molecule has 1 heterocycles. The highest BCUT2D eigenvalue weighted by molar-refractivity contribution is 6.32. The van der Waals surface area contributed by atoms with Gasteiger partial charge in [0.15, 0.2) is 5.82 Å². The molecule has 1 fully saturated rings. The van der Waals surface area contributed by atoms with E-state index in [9.17, 15) is 5.11 Å². The van der Waals surface area contributed by atoms with Crippen molar-refractivity contribution in [1.29, 1.82) is 0 Å². The van der Waals surface area contributed by atoms with Crippen molar-refractivity contribution in [1.82, 2.24) is 9.97 Å². The number of halogens is 1.